The second-order valence-electron chi connectivity index (χ2n) is 6.91. The first-order valence-corrected chi connectivity index (χ1v) is 10.6. The van der Waals surface area contributed by atoms with Crippen LogP contribution in [0.2, 0.25) is 0 Å². The van der Waals surface area contributed by atoms with E-state index in [-0.39, 0.29) is 17.6 Å². The molecule has 0 fully saturated rings. The van der Waals surface area contributed by atoms with Crippen molar-refractivity contribution >= 4 is 28.6 Å². The van der Waals surface area contributed by atoms with Gasteiger partial charge in [0.2, 0.25) is 11.1 Å². The number of thioether (sulfide) groups is 1. The van der Waals surface area contributed by atoms with Crippen molar-refractivity contribution in [1.82, 2.24) is 25.5 Å². The number of para-hydroxylation sites is 1. The smallest absolute Gasteiger partial charge is 0.230 e. The molecule has 0 aliphatic heterocycles. The molecular formula is C22H23N5O2S. The minimum Gasteiger partial charge on any atom is -0.497 e. The van der Waals surface area contributed by atoms with E-state index in [4.69, 9.17) is 4.74 Å². The number of H-pyrrole nitrogens is 2. The number of ether oxygens (including phenoxy) is 1. The summed E-state index contributed by atoms with van der Waals surface area (Å²) in [6.45, 7) is 2.32. The van der Waals surface area contributed by atoms with Crippen molar-refractivity contribution in [2.75, 3.05) is 19.4 Å². The highest BCUT2D eigenvalue weighted by molar-refractivity contribution is 7.99. The number of hydrogen-bond donors (Lipinski definition) is 3. The summed E-state index contributed by atoms with van der Waals surface area (Å²) >= 11 is 1.31. The van der Waals surface area contributed by atoms with Gasteiger partial charge in [-0.15, -0.1) is 5.10 Å². The minimum atomic E-state index is -0.0548. The van der Waals surface area contributed by atoms with Crippen molar-refractivity contribution in [3.63, 3.8) is 0 Å². The van der Waals surface area contributed by atoms with Crippen LogP contribution in [0.25, 0.3) is 10.9 Å². The lowest BCUT2D eigenvalue weighted by Crippen LogP contribution is -2.30. The van der Waals surface area contributed by atoms with E-state index in [0.717, 1.165) is 33.6 Å². The Morgan fingerprint density at radius 2 is 2.00 bits per heavy atom. The molecule has 3 N–H and O–H groups in total. The first kappa shape index (κ1) is 20.0. The molecule has 0 bridgehead atoms. The molecule has 30 heavy (non-hydrogen) atoms. The molecule has 0 spiro atoms. The molecule has 1 unspecified atom stereocenters. The molecular weight excluding hydrogens is 398 g/mol. The molecule has 0 aliphatic carbocycles. The third kappa shape index (κ3) is 4.49. The third-order valence-corrected chi connectivity index (χ3v) is 5.77. The van der Waals surface area contributed by atoms with Crippen LogP contribution in [-0.2, 0) is 4.79 Å². The number of aromatic nitrogens is 4. The predicted octanol–water partition coefficient (Wildman–Crippen LogP) is 3.64. The number of nitrogens with zero attached hydrogens (tertiary/aromatic N) is 2. The fourth-order valence-electron chi connectivity index (χ4n) is 3.41. The van der Waals surface area contributed by atoms with Crippen LogP contribution in [0.4, 0.5) is 0 Å². The molecule has 7 nitrogen and oxygen atoms in total. The zero-order valence-corrected chi connectivity index (χ0v) is 17.6. The van der Waals surface area contributed by atoms with Gasteiger partial charge in [-0.25, -0.2) is 4.98 Å². The van der Waals surface area contributed by atoms with Crippen LogP contribution in [0.5, 0.6) is 5.75 Å². The van der Waals surface area contributed by atoms with Crippen LogP contribution in [0, 0.1) is 6.92 Å². The molecule has 4 rings (SSSR count). The van der Waals surface area contributed by atoms with Gasteiger partial charge in [-0.05, 0) is 36.2 Å². The van der Waals surface area contributed by atoms with Crippen molar-refractivity contribution in [2.45, 2.75) is 18.0 Å². The van der Waals surface area contributed by atoms with Gasteiger partial charge in [0, 0.05) is 29.6 Å². The summed E-state index contributed by atoms with van der Waals surface area (Å²) in [6, 6.07) is 16.2. The molecule has 2 aromatic carbocycles. The molecule has 0 saturated carbocycles. The van der Waals surface area contributed by atoms with E-state index < -0.39 is 0 Å². The minimum absolute atomic E-state index is 0.00626. The normalized spacial score (nSPS) is 12.1. The highest BCUT2D eigenvalue weighted by Crippen LogP contribution is 2.31. The fourth-order valence-corrected chi connectivity index (χ4v) is 4.08. The van der Waals surface area contributed by atoms with Gasteiger partial charge in [0.1, 0.15) is 11.6 Å². The standard InChI is InChI=1S/C22H23N5O2S/c1-14-25-22(27-26-14)30-13-21(28)24-11-18(15-7-9-16(29-2)10-8-15)19-12-23-20-6-4-3-5-17(19)20/h3-10,12,18,23H,11,13H2,1-2H3,(H,24,28)(H,25,26,27). The molecule has 4 aromatic rings. The average Bonchev–Trinajstić information content (AvgIpc) is 3.39. The molecule has 0 radical (unpaired) electrons. The van der Waals surface area contributed by atoms with Gasteiger partial charge < -0.3 is 15.0 Å². The summed E-state index contributed by atoms with van der Waals surface area (Å²) in [5.74, 6) is 1.75. The number of fused-ring (bicyclic) bond motifs is 1. The topological polar surface area (TPSA) is 95.7 Å². The quantitative estimate of drug-likeness (QED) is 0.378. The maximum atomic E-state index is 12.5. The van der Waals surface area contributed by atoms with Crippen molar-refractivity contribution in [2.24, 2.45) is 0 Å². The predicted molar refractivity (Wildman–Crippen MR) is 118 cm³/mol. The Hall–Kier alpha value is -3.26. The number of aryl methyl sites for hydroxylation is 1. The van der Waals surface area contributed by atoms with Gasteiger partial charge >= 0.3 is 0 Å². The number of rotatable bonds is 8. The number of methoxy groups -OCH3 is 1. The molecule has 8 heteroatoms. The second-order valence-corrected chi connectivity index (χ2v) is 7.85. The van der Waals surface area contributed by atoms with Crippen LogP contribution in [-0.4, -0.2) is 45.5 Å². The third-order valence-electron chi connectivity index (χ3n) is 4.93. The van der Waals surface area contributed by atoms with Crippen LogP contribution < -0.4 is 10.1 Å². The van der Waals surface area contributed by atoms with Gasteiger partial charge in [0.25, 0.3) is 0 Å². The largest absolute Gasteiger partial charge is 0.497 e. The number of aromatic amines is 2. The summed E-state index contributed by atoms with van der Waals surface area (Å²) < 4.78 is 5.29. The SMILES string of the molecule is COc1ccc(C(CNC(=O)CSc2n[nH]c(C)n2)c2c[nH]c3ccccc23)cc1. The second kappa shape index (κ2) is 9.04. The maximum Gasteiger partial charge on any atom is 0.230 e. The van der Waals surface area contributed by atoms with E-state index in [1.807, 2.05) is 49.5 Å². The number of carbonyl (C=O) groups excluding carboxylic acids is 1. The summed E-state index contributed by atoms with van der Waals surface area (Å²) in [7, 11) is 1.65. The van der Waals surface area contributed by atoms with Gasteiger partial charge in [-0.2, -0.15) is 0 Å². The summed E-state index contributed by atoms with van der Waals surface area (Å²) in [5.41, 5.74) is 3.33. The first-order chi connectivity index (χ1) is 14.6. The molecule has 2 aromatic heterocycles. The van der Waals surface area contributed by atoms with Crippen molar-refractivity contribution in [3.8, 4) is 5.75 Å². The highest BCUT2D eigenvalue weighted by Gasteiger charge is 2.19. The van der Waals surface area contributed by atoms with E-state index >= 15 is 0 Å². The number of benzene rings is 2. The van der Waals surface area contributed by atoms with E-state index in [2.05, 4.69) is 37.6 Å². The molecule has 1 atom stereocenters. The Morgan fingerprint density at radius 3 is 2.73 bits per heavy atom. The van der Waals surface area contributed by atoms with Gasteiger partial charge in [0.05, 0.1) is 12.9 Å². The summed E-state index contributed by atoms with van der Waals surface area (Å²) in [6.07, 6.45) is 2.02. The molecule has 154 valence electrons. The zero-order chi connectivity index (χ0) is 20.9. The Labute approximate surface area is 178 Å². The zero-order valence-electron chi connectivity index (χ0n) is 16.8. The molecule has 2 heterocycles. The number of hydrogen-bond acceptors (Lipinski definition) is 5. The lowest BCUT2D eigenvalue weighted by Gasteiger charge is -2.18. The Bertz CT molecular complexity index is 1140. The monoisotopic (exact) mass is 421 g/mol. The number of amides is 1. The molecule has 0 saturated heterocycles. The van der Waals surface area contributed by atoms with Crippen LogP contribution in [0.15, 0.2) is 59.9 Å². The molecule has 0 aliphatic rings. The van der Waals surface area contributed by atoms with Crippen LogP contribution in [0.3, 0.4) is 0 Å². The van der Waals surface area contributed by atoms with Crippen molar-refractivity contribution < 1.29 is 9.53 Å². The molecule has 1 amide bonds. The van der Waals surface area contributed by atoms with E-state index in [1.165, 1.54) is 11.8 Å². The van der Waals surface area contributed by atoms with Gasteiger partial charge in [-0.1, -0.05) is 42.1 Å². The fraction of sp³-hybridized carbons (Fsp3) is 0.227. The summed E-state index contributed by atoms with van der Waals surface area (Å²) in [4.78, 5) is 20.0. The lowest BCUT2D eigenvalue weighted by molar-refractivity contribution is -0.118. The van der Waals surface area contributed by atoms with Gasteiger partial charge in [0.15, 0.2) is 0 Å². The van der Waals surface area contributed by atoms with Crippen molar-refractivity contribution in [3.05, 3.63) is 71.7 Å². The Balaban J connectivity index is 1.52. The number of carbonyl (C=O) groups is 1. The van der Waals surface area contributed by atoms with E-state index in [9.17, 15) is 4.79 Å². The maximum absolute atomic E-state index is 12.5. The van der Waals surface area contributed by atoms with Gasteiger partial charge in [-0.3, -0.25) is 9.89 Å². The van der Waals surface area contributed by atoms with Crippen LogP contribution in [0.1, 0.15) is 22.9 Å². The van der Waals surface area contributed by atoms with E-state index in [0.29, 0.717) is 11.7 Å². The summed E-state index contributed by atoms with van der Waals surface area (Å²) in [5, 5.41) is 11.6. The highest BCUT2D eigenvalue weighted by atomic mass is 32.2. The Morgan fingerprint density at radius 1 is 1.20 bits per heavy atom. The van der Waals surface area contributed by atoms with Crippen molar-refractivity contribution in [1.29, 1.82) is 0 Å². The lowest BCUT2D eigenvalue weighted by atomic mass is 9.91. The van der Waals surface area contributed by atoms with Crippen LogP contribution >= 0.6 is 11.8 Å². The van der Waals surface area contributed by atoms with E-state index in [1.54, 1.807) is 7.11 Å². The Kier molecular flexibility index (Phi) is 6.04. The average molecular weight is 422 g/mol. The number of nitrogens with one attached hydrogen (secondary N) is 3. The first-order valence-electron chi connectivity index (χ1n) is 9.62.